The number of halogens is 1. The van der Waals surface area contributed by atoms with Crippen LogP contribution < -0.4 is 0 Å². The molecule has 1 aliphatic heterocycles. The standard InChI is InChI=1S/C19H19BrN4OS/c20-17-7-6-15(26-17)13-23-8-10-24(11-9-23)19(25)16-12-21-22-18(16)14-4-2-1-3-5-14/h1-7,12H,8-11,13H2,(H,21,22). The number of nitrogens with one attached hydrogen (secondary N) is 1. The predicted octanol–water partition coefficient (Wildman–Crippen LogP) is 3.86. The van der Waals surface area contributed by atoms with Crippen molar-refractivity contribution in [2.24, 2.45) is 0 Å². The van der Waals surface area contributed by atoms with Crippen molar-refractivity contribution < 1.29 is 4.79 Å². The van der Waals surface area contributed by atoms with Gasteiger partial charge < -0.3 is 4.90 Å². The third-order valence-electron chi connectivity index (χ3n) is 4.60. The van der Waals surface area contributed by atoms with E-state index in [2.05, 4.69) is 43.2 Å². The Hall–Kier alpha value is -1.96. The van der Waals surface area contributed by atoms with Crippen LogP contribution in [0.2, 0.25) is 0 Å². The van der Waals surface area contributed by atoms with E-state index in [1.165, 1.54) is 4.88 Å². The Morgan fingerprint density at radius 3 is 2.58 bits per heavy atom. The molecule has 134 valence electrons. The number of H-pyrrole nitrogens is 1. The van der Waals surface area contributed by atoms with Crippen molar-refractivity contribution >= 4 is 33.2 Å². The maximum Gasteiger partial charge on any atom is 0.257 e. The lowest BCUT2D eigenvalue weighted by atomic mass is 10.1. The fourth-order valence-electron chi connectivity index (χ4n) is 3.21. The van der Waals surface area contributed by atoms with Crippen molar-refractivity contribution in [3.05, 3.63) is 62.9 Å². The van der Waals surface area contributed by atoms with Gasteiger partial charge in [0.05, 0.1) is 21.2 Å². The topological polar surface area (TPSA) is 52.2 Å². The van der Waals surface area contributed by atoms with Crippen molar-refractivity contribution in [2.75, 3.05) is 26.2 Å². The van der Waals surface area contributed by atoms with Crippen LogP contribution in [0, 0.1) is 0 Å². The second-order valence-electron chi connectivity index (χ2n) is 6.30. The third kappa shape index (κ3) is 3.75. The molecule has 7 heteroatoms. The van der Waals surface area contributed by atoms with Gasteiger partial charge in [0, 0.05) is 43.2 Å². The lowest BCUT2D eigenvalue weighted by molar-refractivity contribution is 0.0630. The van der Waals surface area contributed by atoms with E-state index in [9.17, 15) is 4.79 Å². The largest absolute Gasteiger partial charge is 0.336 e. The first-order chi connectivity index (χ1) is 12.7. The summed E-state index contributed by atoms with van der Waals surface area (Å²) >= 11 is 5.28. The molecule has 1 saturated heterocycles. The molecule has 1 fully saturated rings. The molecule has 1 amide bonds. The van der Waals surface area contributed by atoms with Crippen molar-refractivity contribution in [3.8, 4) is 11.3 Å². The molecule has 0 saturated carbocycles. The number of thiophene rings is 1. The Bertz CT molecular complexity index is 884. The monoisotopic (exact) mass is 430 g/mol. The lowest BCUT2D eigenvalue weighted by Gasteiger charge is -2.34. The Balaban J connectivity index is 1.41. The first-order valence-electron chi connectivity index (χ1n) is 8.55. The predicted molar refractivity (Wildman–Crippen MR) is 107 cm³/mol. The molecule has 2 aromatic heterocycles. The minimum Gasteiger partial charge on any atom is -0.336 e. The molecule has 0 aliphatic carbocycles. The molecule has 0 atom stereocenters. The molecule has 26 heavy (non-hydrogen) atoms. The SMILES string of the molecule is O=C(c1cn[nH]c1-c1ccccc1)N1CCN(Cc2ccc(Br)s2)CC1. The van der Waals surface area contributed by atoms with Crippen LogP contribution in [0.1, 0.15) is 15.2 Å². The number of carbonyl (C=O) groups is 1. The number of nitrogens with zero attached hydrogens (tertiary/aromatic N) is 3. The van der Waals surface area contributed by atoms with Gasteiger partial charge in [-0.1, -0.05) is 30.3 Å². The van der Waals surface area contributed by atoms with E-state index in [1.54, 1.807) is 17.5 Å². The minimum absolute atomic E-state index is 0.0520. The van der Waals surface area contributed by atoms with Gasteiger partial charge in [0.25, 0.3) is 5.91 Å². The van der Waals surface area contributed by atoms with Gasteiger partial charge in [-0.3, -0.25) is 14.8 Å². The van der Waals surface area contributed by atoms with E-state index in [0.29, 0.717) is 5.56 Å². The highest BCUT2D eigenvalue weighted by molar-refractivity contribution is 9.11. The summed E-state index contributed by atoms with van der Waals surface area (Å²) in [5.74, 6) is 0.0520. The van der Waals surface area contributed by atoms with Crippen molar-refractivity contribution in [3.63, 3.8) is 0 Å². The highest BCUT2D eigenvalue weighted by Gasteiger charge is 2.25. The van der Waals surface area contributed by atoms with E-state index in [-0.39, 0.29) is 5.91 Å². The third-order valence-corrected chi connectivity index (χ3v) is 6.21. The number of benzene rings is 1. The maximum atomic E-state index is 13.0. The van der Waals surface area contributed by atoms with Gasteiger partial charge in [0.15, 0.2) is 0 Å². The molecule has 4 rings (SSSR count). The lowest BCUT2D eigenvalue weighted by Crippen LogP contribution is -2.48. The van der Waals surface area contributed by atoms with E-state index in [0.717, 1.165) is 47.8 Å². The number of rotatable bonds is 4. The van der Waals surface area contributed by atoms with Gasteiger partial charge in [-0.2, -0.15) is 5.10 Å². The van der Waals surface area contributed by atoms with E-state index in [4.69, 9.17) is 0 Å². The quantitative estimate of drug-likeness (QED) is 0.683. The van der Waals surface area contributed by atoms with Crippen LogP contribution in [-0.4, -0.2) is 52.1 Å². The molecule has 5 nitrogen and oxygen atoms in total. The summed E-state index contributed by atoms with van der Waals surface area (Å²) in [4.78, 5) is 18.6. The second-order valence-corrected chi connectivity index (χ2v) is 8.85. The Labute approximate surface area is 164 Å². The molecule has 3 aromatic rings. The van der Waals surface area contributed by atoms with Gasteiger partial charge in [0.2, 0.25) is 0 Å². The molecule has 1 N–H and O–H groups in total. The summed E-state index contributed by atoms with van der Waals surface area (Å²) < 4.78 is 1.16. The highest BCUT2D eigenvalue weighted by atomic mass is 79.9. The molecule has 0 unspecified atom stereocenters. The highest BCUT2D eigenvalue weighted by Crippen LogP contribution is 2.25. The van der Waals surface area contributed by atoms with E-state index in [1.807, 2.05) is 35.2 Å². The number of aromatic nitrogens is 2. The zero-order chi connectivity index (χ0) is 17.9. The number of piperazine rings is 1. The summed E-state index contributed by atoms with van der Waals surface area (Å²) in [6.07, 6.45) is 1.64. The number of amides is 1. The van der Waals surface area contributed by atoms with E-state index >= 15 is 0 Å². The first kappa shape index (κ1) is 17.5. The molecule has 0 bridgehead atoms. The van der Waals surface area contributed by atoms with Crippen LogP contribution in [0.4, 0.5) is 0 Å². The Morgan fingerprint density at radius 2 is 1.88 bits per heavy atom. The molecule has 3 heterocycles. The summed E-state index contributed by atoms with van der Waals surface area (Å²) in [5, 5.41) is 7.08. The van der Waals surface area contributed by atoms with Crippen molar-refractivity contribution in [1.82, 2.24) is 20.0 Å². The summed E-state index contributed by atoms with van der Waals surface area (Å²) in [5.41, 5.74) is 2.42. The molecule has 0 spiro atoms. The summed E-state index contributed by atoms with van der Waals surface area (Å²) in [6, 6.07) is 14.1. The normalized spacial score (nSPS) is 15.3. The fourth-order valence-corrected chi connectivity index (χ4v) is 4.74. The molecule has 1 aliphatic rings. The molecular weight excluding hydrogens is 412 g/mol. The van der Waals surface area contributed by atoms with Gasteiger partial charge in [-0.25, -0.2) is 0 Å². The van der Waals surface area contributed by atoms with Crippen molar-refractivity contribution in [1.29, 1.82) is 0 Å². The van der Waals surface area contributed by atoms with Crippen LogP contribution in [0.25, 0.3) is 11.3 Å². The summed E-state index contributed by atoms with van der Waals surface area (Å²) in [6.45, 7) is 4.20. The Morgan fingerprint density at radius 1 is 1.12 bits per heavy atom. The van der Waals surface area contributed by atoms with Crippen LogP contribution in [0.15, 0.2) is 52.4 Å². The average Bonchev–Trinajstić information content (AvgIpc) is 3.32. The molecule has 1 aromatic carbocycles. The second kappa shape index (κ2) is 7.73. The Kier molecular flexibility index (Phi) is 5.19. The molecular formula is C19H19BrN4OS. The van der Waals surface area contributed by atoms with Crippen LogP contribution in [-0.2, 0) is 6.54 Å². The zero-order valence-electron chi connectivity index (χ0n) is 14.2. The van der Waals surface area contributed by atoms with Crippen LogP contribution in [0.5, 0.6) is 0 Å². The number of aromatic amines is 1. The van der Waals surface area contributed by atoms with Gasteiger partial charge in [0.1, 0.15) is 0 Å². The van der Waals surface area contributed by atoms with Gasteiger partial charge in [-0.15, -0.1) is 11.3 Å². The minimum atomic E-state index is 0.0520. The average molecular weight is 431 g/mol. The number of hydrogen-bond donors (Lipinski definition) is 1. The smallest absolute Gasteiger partial charge is 0.257 e. The van der Waals surface area contributed by atoms with E-state index < -0.39 is 0 Å². The number of hydrogen-bond acceptors (Lipinski definition) is 4. The van der Waals surface area contributed by atoms with Gasteiger partial charge >= 0.3 is 0 Å². The first-order valence-corrected chi connectivity index (χ1v) is 10.2. The maximum absolute atomic E-state index is 13.0. The van der Waals surface area contributed by atoms with Crippen LogP contribution in [0.3, 0.4) is 0 Å². The zero-order valence-corrected chi connectivity index (χ0v) is 16.6. The number of carbonyl (C=O) groups excluding carboxylic acids is 1. The summed E-state index contributed by atoms with van der Waals surface area (Å²) in [7, 11) is 0. The molecule has 0 radical (unpaired) electrons. The fraction of sp³-hybridized carbons (Fsp3) is 0.263. The van der Waals surface area contributed by atoms with Crippen LogP contribution >= 0.6 is 27.3 Å². The van der Waals surface area contributed by atoms with Gasteiger partial charge in [-0.05, 0) is 28.1 Å². The van der Waals surface area contributed by atoms with Crippen molar-refractivity contribution in [2.45, 2.75) is 6.54 Å².